The maximum Gasteiger partial charge on any atom is 0.313 e. The molecule has 0 aliphatic carbocycles. The van der Waals surface area contributed by atoms with Crippen molar-refractivity contribution in [2.45, 2.75) is 34.1 Å². The van der Waals surface area contributed by atoms with Gasteiger partial charge in [0, 0.05) is 11.5 Å². The average Bonchev–Trinajstić information content (AvgIpc) is 2.01. The van der Waals surface area contributed by atoms with Crippen LogP contribution in [0.25, 0.3) is 0 Å². The van der Waals surface area contributed by atoms with E-state index in [0.29, 0.717) is 0 Å². The second-order valence-corrected chi connectivity index (χ2v) is 4.23. The largest absolute Gasteiger partial charge is 0.512 e. The number of hydrogen-bond donors (Lipinski definition) is 1. The fraction of sp³-hybridized carbons (Fsp3) is 0.636. The summed E-state index contributed by atoms with van der Waals surface area (Å²) in [4.78, 5) is 22.2. The Morgan fingerprint density at radius 2 is 1.87 bits per heavy atom. The normalized spacial score (nSPS) is 12.4. The summed E-state index contributed by atoms with van der Waals surface area (Å²) in [6, 6.07) is 0. The highest BCUT2D eigenvalue weighted by atomic mass is 16.5. The van der Waals surface area contributed by atoms with Gasteiger partial charge in [0.05, 0.1) is 6.61 Å². The third kappa shape index (κ3) is 5.88. The van der Waals surface area contributed by atoms with Crippen molar-refractivity contribution in [2.24, 2.45) is 5.41 Å². The number of carbonyl (C=O) groups excluding carboxylic acids is 2. The average molecular weight is 214 g/mol. The van der Waals surface area contributed by atoms with E-state index in [1.54, 1.807) is 27.7 Å². The van der Waals surface area contributed by atoms with Crippen molar-refractivity contribution in [1.29, 1.82) is 0 Å². The van der Waals surface area contributed by atoms with Crippen LogP contribution in [0, 0.1) is 5.41 Å². The van der Waals surface area contributed by atoms with Crippen LogP contribution in [-0.4, -0.2) is 23.5 Å². The summed E-state index contributed by atoms with van der Waals surface area (Å²) in [7, 11) is 0. The number of rotatable bonds is 4. The van der Waals surface area contributed by atoms with Crippen molar-refractivity contribution >= 4 is 11.8 Å². The predicted octanol–water partition coefficient (Wildman–Crippen LogP) is 2.00. The molecule has 0 atom stereocenters. The highest BCUT2D eigenvalue weighted by molar-refractivity contribution is 6.02. The van der Waals surface area contributed by atoms with Crippen LogP contribution >= 0.6 is 0 Å². The van der Waals surface area contributed by atoms with E-state index in [2.05, 4.69) is 4.74 Å². The fourth-order valence-electron chi connectivity index (χ4n) is 0.774. The Morgan fingerprint density at radius 1 is 1.33 bits per heavy atom. The van der Waals surface area contributed by atoms with Crippen LogP contribution in [0.3, 0.4) is 0 Å². The van der Waals surface area contributed by atoms with Crippen molar-refractivity contribution in [1.82, 2.24) is 0 Å². The van der Waals surface area contributed by atoms with E-state index in [-0.39, 0.29) is 18.8 Å². The van der Waals surface area contributed by atoms with Crippen molar-refractivity contribution in [3.05, 3.63) is 11.8 Å². The molecule has 0 unspecified atom stereocenters. The maximum absolute atomic E-state index is 11.2. The summed E-state index contributed by atoms with van der Waals surface area (Å²) in [6.45, 7) is 7.25. The molecular weight excluding hydrogens is 196 g/mol. The monoisotopic (exact) mass is 214 g/mol. The molecule has 0 fully saturated rings. The van der Waals surface area contributed by atoms with Crippen LogP contribution in [0.2, 0.25) is 0 Å². The van der Waals surface area contributed by atoms with Crippen LogP contribution in [0.4, 0.5) is 0 Å². The van der Waals surface area contributed by atoms with Gasteiger partial charge in [-0.15, -0.1) is 0 Å². The molecule has 0 aromatic carbocycles. The molecule has 86 valence electrons. The van der Waals surface area contributed by atoms with Crippen molar-refractivity contribution < 1.29 is 19.4 Å². The molecule has 0 aromatic heterocycles. The first-order valence-corrected chi connectivity index (χ1v) is 4.87. The van der Waals surface area contributed by atoms with Gasteiger partial charge >= 0.3 is 5.97 Å². The quantitative estimate of drug-likeness (QED) is 0.336. The number of carbonyl (C=O) groups is 2. The Labute approximate surface area is 89.9 Å². The Hall–Kier alpha value is -1.32. The molecule has 0 bridgehead atoms. The molecule has 15 heavy (non-hydrogen) atoms. The number of esters is 1. The molecule has 4 heteroatoms. The van der Waals surface area contributed by atoms with Crippen LogP contribution in [0.5, 0.6) is 0 Å². The molecule has 0 radical (unpaired) electrons. The Kier molecular flexibility index (Phi) is 5.05. The zero-order chi connectivity index (χ0) is 12.1. The van der Waals surface area contributed by atoms with Gasteiger partial charge in [-0.1, -0.05) is 20.8 Å². The van der Waals surface area contributed by atoms with Gasteiger partial charge in [-0.3, -0.25) is 9.59 Å². The van der Waals surface area contributed by atoms with Gasteiger partial charge in [-0.2, -0.15) is 0 Å². The topological polar surface area (TPSA) is 63.6 Å². The maximum atomic E-state index is 11.2. The summed E-state index contributed by atoms with van der Waals surface area (Å²) in [5, 5.41) is 9.49. The lowest BCUT2D eigenvalue weighted by Gasteiger charge is -2.16. The van der Waals surface area contributed by atoms with E-state index in [1.807, 2.05) is 0 Å². The van der Waals surface area contributed by atoms with Crippen molar-refractivity contribution in [3.8, 4) is 0 Å². The number of allylic oxidation sites excluding steroid dienone is 2. The van der Waals surface area contributed by atoms with E-state index in [9.17, 15) is 14.7 Å². The van der Waals surface area contributed by atoms with Crippen LogP contribution in [-0.2, 0) is 14.3 Å². The number of hydrogen-bond acceptors (Lipinski definition) is 4. The zero-order valence-corrected chi connectivity index (χ0v) is 9.66. The molecule has 1 N–H and O–H groups in total. The van der Waals surface area contributed by atoms with Gasteiger partial charge in [0.2, 0.25) is 0 Å². The van der Waals surface area contributed by atoms with Gasteiger partial charge in [0.15, 0.2) is 5.78 Å². The summed E-state index contributed by atoms with van der Waals surface area (Å²) < 4.78 is 4.61. The van der Waals surface area contributed by atoms with Crippen molar-refractivity contribution in [3.63, 3.8) is 0 Å². The lowest BCUT2D eigenvalue weighted by molar-refractivity contribution is -0.144. The highest BCUT2D eigenvalue weighted by Crippen LogP contribution is 2.22. The molecule has 0 rings (SSSR count). The van der Waals surface area contributed by atoms with E-state index >= 15 is 0 Å². The lowest BCUT2D eigenvalue weighted by Crippen LogP contribution is -2.13. The smallest absolute Gasteiger partial charge is 0.313 e. The standard InChI is InChI=1S/C11H18O4/c1-5-15-10(14)7-8(12)6-9(13)11(2,3)4/h6,13H,5,7H2,1-4H3/b9-6-. The molecule has 4 nitrogen and oxygen atoms in total. The SMILES string of the molecule is CCOC(=O)CC(=O)/C=C(\O)C(C)(C)C. The number of aliphatic hydroxyl groups excluding tert-OH is 1. The minimum Gasteiger partial charge on any atom is -0.512 e. The summed E-state index contributed by atoms with van der Waals surface area (Å²) in [6.07, 6.45) is 0.755. The van der Waals surface area contributed by atoms with Crippen LogP contribution in [0.1, 0.15) is 34.1 Å². The number of aliphatic hydroxyl groups is 1. The Bertz CT molecular complexity index is 271. The first-order valence-electron chi connectivity index (χ1n) is 4.87. The van der Waals surface area contributed by atoms with Crippen molar-refractivity contribution in [2.75, 3.05) is 6.61 Å². The fourth-order valence-corrected chi connectivity index (χ4v) is 0.774. The molecule has 0 spiro atoms. The first kappa shape index (κ1) is 13.7. The van der Waals surface area contributed by atoms with E-state index in [4.69, 9.17) is 0 Å². The molecular formula is C11H18O4. The molecule has 0 aromatic rings. The molecule has 0 aliphatic heterocycles. The zero-order valence-electron chi connectivity index (χ0n) is 9.66. The van der Waals surface area contributed by atoms with Gasteiger partial charge in [-0.05, 0) is 6.92 Å². The highest BCUT2D eigenvalue weighted by Gasteiger charge is 2.18. The minimum atomic E-state index is -0.569. The first-order chi connectivity index (χ1) is 6.77. The van der Waals surface area contributed by atoms with Crippen LogP contribution in [0.15, 0.2) is 11.8 Å². The summed E-state index contributed by atoms with van der Waals surface area (Å²) >= 11 is 0. The molecule has 0 amide bonds. The second-order valence-electron chi connectivity index (χ2n) is 4.23. The predicted molar refractivity (Wildman–Crippen MR) is 56.4 cm³/mol. The Morgan fingerprint density at radius 3 is 2.27 bits per heavy atom. The molecule has 0 saturated heterocycles. The van der Waals surface area contributed by atoms with Gasteiger partial charge < -0.3 is 9.84 Å². The van der Waals surface area contributed by atoms with E-state index in [1.165, 1.54) is 0 Å². The molecule has 0 heterocycles. The van der Waals surface area contributed by atoms with Gasteiger partial charge in [-0.25, -0.2) is 0 Å². The number of ether oxygens (including phenoxy) is 1. The summed E-state index contributed by atoms with van der Waals surface area (Å²) in [5.41, 5.74) is -0.482. The molecule has 0 saturated carbocycles. The minimum absolute atomic E-state index is 0.0307. The van der Waals surface area contributed by atoms with Crippen LogP contribution < -0.4 is 0 Å². The molecule has 0 aliphatic rings. The third-order valence-corrected chi connectivity index (χ3v) is 1.69. The lowest BCUT2D eigenvalue weighted by atomic mass is 9.93. The second kappa shape index (κ2) is 5.53. The third-order valence-electron chi connectivity index (χ3n) is 1.69. The van der Waals surface area contributed by atoms with E-state index in [0.717, 1.165) is 6.08 Å². The Balaban J connectivity index is 4.31. The van der Waals surface area contributed by atoms with Gasteiger partial charge in [0.1, 0.15) is 12.2 Å². The van der Waals surface area contributed by atoms with Gasteiger partial charge in [0.25, 0.3) is 0 Å². The summed E-state index contributed by atoms with van der Waals surface area (Å²) in [5.74, 6) is -1.04. The number of ketones is 1. The van der Waals surface area contributed by atoms with E-state index < -0.39 is 17.2 Å².